The zero-order valence-electron chi connectivity index (χ0n) is 9.98. The average Bonchev–Trinajstić information content (AvgIpc) is 2.73. The minimum Gasteiger partial charge on any atom is -0.354 e. The summed E-state index contributed by atoms with van der Waals surface area (Å²) in [6, 6.07) is 0.162. The molecule has 0 amide bonds. The van der Waals surface area contributed by atoms with E-state index in [9.17, 15) is 13.2 Å². The maximum Gasteiger partial charge on any atom is 0.434 e. The lowest BCUT2D eigenvalue weighted by Crippen LogP contribution is -2.42. The fraction of sp³-hybridized carbons (Fsp3) is 0.636. The van der Waals surface area contributed by atoms with Crippen LogP contribution in [0.1, 0.15) is 25.0 Å². The van der Waals surface area contributed by atoms with Crippen molar-refractivity contribution < 1.29 is 13.2 Å². The molecule has 1 aliphatic rings. The highest BCUT2D eigenvalue weighted by Gasteiger charge is 2.33. The first-order valence-electron chi connectivity index (χ1n) is 5.77. The molecule has 18 heavy (non-hydrogen) atoms. The second-order valence-electron chi connectivity index (χ2n) is 4.53. The minimum atomic E-state index is -4.45. The summed E-state index contributed by atoms with van der Waals surface area (Å²) in [7, 11) is 1.78. The Morgan fingerprint density at radius 3 is 2.44 bits per heavy atom. The highest BCUT2D eigenvalue weighted by atomic mass is 19.4. The monoisotopic (exact) mass is 260 g/mol. The van der Waals surface area contributed by atoms with E-state index in [1.165, 1.54) is 0 Å². The molecule has 100 valence electrons. The Bertz CT molecular complexity index is 404. The molecule has 2 atom stereocenters. The number of halogens is 3. The third-order valence-electron chi connectivity index (χ3n) is 3.32. The molecular formula is C11H15F3N4. The summed E-state index contributed by atoms with van der Waals surface area (Å²) in [5.74, 6) is 0.422. The van der Waals surface area contributed by atoms with Crippen molar-refractivity contribution in [2.75, 3.05) is 11.9 Å². The molecule has 2 N–H and O–H groups in total. The number of hydrogen-bond donors (Lipinski definition) is 1. The van der Waals surface area contributed by atoms with E-state index in [1.54, 1.807) is 7.05 Å². The van der Waals surface area contributed by atoms with Gasteiger partial charge in [0.1, 0.15) is 5.82 Å². The summed E-state index contributed by atoms with van der Waals surface area (Å²) in [6.45, 7) is 0. The summed E-state index contributed by atoms with van der Waals surface area (Å²) in [5.41, 5.74) is 4.97. The van der Waals surface area contributed by atoms with Gasteiger partial charge >= 0.3 is 6.18 Å². The standard InChI is InChI=1S/C11H15F3N4/c1-18(8-4-2-3-7(8)15)10-6-16-9(5-17-10)11(12,13)14/h5-8H,2-4,15H2,1H3/t7-,8?/m0/s1. The quantitative estimate of drug-likeness (QED) is 0.881. The topological polar surface area (TPSA) is 55.0 Å². The lowest BCUT2D eigenvalue weighted by molar-refractivity contribution is -0.141. The molecule has 1 aromatic heterocycles. The number of anilines is 1. The highest BCUT2D eigenvalue weighted by Crippen LogP contribution is 2.29. The van der Waals surface area contributed by atoms with Crippen molar-refractivity contribution in [1.82, 2.24) is 9.97 Å². The first kappa shape index (κ1) is 13.1. The Morgan fingerprint density at radius 1 is 1.28 bits per heavy atom. The second-order valence-corrected chi connectivity index (χ2v) is 4.53. The first-order chi connectivity index (χ1) is 8.39. The summed E-state index contributed by atoms with van der Waals surface area (Å²) in [5, 5.41) is 0. The lowest BCUT2D eigenvalue weighted by atomic mass is 10.1. The molecule has 1 aliphatic carbocycles. The van der Waals surface area contributed by atoms with Crippen LogP contribution in [0.3, 0.4) is 0 Å². The maximum absolute atomic E-state index is 12.3. The van der Waals surface area contributed by atoms with Gasteiger partial charge < -0.3 is 10.6 Å². The van der Waals surface area contributed by atoms with E-state index in [-0.39, 0.29) is 12.1 Å². The number of likely N-dealkylation sites (N-methyl/N-ethyl adjacent to an activating group) is 1. The molecule has 1 unspecified atom stereocenters. The molecule has 7 heteroatoms. The van der Waals surface area contributed by atoms with Crippen LogP contribution >= 0.6 is 0 Å². The van der Waals surface area contributed by atoms with Gasteiger partial charge in [-0.3, -0.25) is 0 Å². The summed E-state index contributed by atoms with van der Waals surface area (Å²) in [6.07, 6.45) is 0.349. The number of nitrogens with zero attached hydrogens (tertiary/aromatic N) is 3. The van der Waals surface area contributed by atoms with Crippen molar-refractivity contribution in [2.45, 2.75) is 37.5 Å². The van der Waals surface area contributed by atoms with E-state index in [0.29, 0.717) is 5.82 Å². The van der Waals surface area contributed by atoms with E-state index < -0.39 is 11.9 Å². The predicted octanol–water partition coefficient (Wildman–Crippen LogP) is 1.81. The van der Waals surface area contributed by atoms with Crippen LogP contribution in [0.15, 0.2) is 12.4 Å². The molecule has 0 spiro atoms. The third-order valence-corrected chi connectivity index (χ3v) is 3.32. The average molecular weight is 260 g/mol. The number of alkyl halides is 3. The number of aromatic nitrogens is 2. The van der Waals surface area contributed by atoms with Crippen LogP contribution in [0.5, 0.6) is 0 Å². The molecule has 1 aromatic rings. The molecule has 4 nitrogen and oxygen atoms in total. The van der Waals surface area contributed by atoms with E-state index in [2.05, 4.69) is 9.97 Å². The zero-order valence-corrected chi connectivity index (χ0v) is 9.98. The van der Waals surface area contributed by atoms with Gasteiger partial charge in [-0.1, -0.05) is 0 Å². The van der Waals surface area contributed by atoms with E-state index in [0.717, 1.165) is 31.7 Å². The Balaban J connectivity index is 2.14. The van der Waals surface area contributed by atoms with Crippen LogP contribution in [0.2, 0.25) is 0 Å². The van der Waals surface area contributed by atoms with Gasteiger partial charge in [-0.2, -0.15) is 13.2 Å². The fourth-order valence-corrected chi connectivity index (χ4v) is 2.27. The number of nitrogens with two attached hydrogens (primary N) is 1. The lowest BCUT2D eigenvalue weighted by Gasteiger charge is -2.28. The molecule has 1 saturated carbocycles. The Kier molecular flexibility index (Phi) is 3.43. The molecule has 0 radical (unpaired) electrons. The van der Waals surface area contributed by atoms with Crippen molar-refractivity contribution in [3.8, 4) is 0 Å². The molecular weight excluding hydrogens is 245 g/mol. The van der Waals surface area contributed by atoms with Crippen LogP contribution < -0.4 is 10.6 Å². The largest absolute Gasteiger partial charge is 0.434 e. The van der Waals surface area contributed by atoms with Crippen LogP contribution in [0.25, 0.3) is 0 Å². The molecule has 0 bridgehead atoms. The van der Waals surface area contributed by atoms with Crippen molar-refractivity contribution in [3.05, 3.63) is 18.1 Å². The molecule has 2 rings (SSSR count). The molecule has 1 heterocycles. The van der Waals surface area contributed by atoms with Crippen molar-refractivity contribution in [3.63, 3.8) is 0 Å². The van der Waals surface area contributed by atoms with Crippen LogP contribution in [0.4, 0.5) is 19.0 Å². The molecule has 1 fully saturated rings. The molecule has 0 saturated heterocycles. The van der Waals surface area contributed by atoms with Crippen molar-refractivity contribution in [1.29, 1.82) is 0 Å². The number of rotatable bonds is 2. The SMILES string of the molecule is CN(c1cnc(C(F)(F)F)cn1)C1CCC[C@@H]1N. The minimum absolute atomic E-state index is 0.0408. The van der Waals surface area contributed by atoms with Gasteiger partial charge in [-0.15, -0.1) is 0 Å². The smallest absolute Gasteiger partial charge is 0.354 e. The van der Waals surface area contributed by atoms with Crippen LogP contribution in [0, 0.1) is 0 Å². The maximum atomic E-state index is 12.3. The first-order valence-corrected chi connectivity index (χ1v) is 5.77. The van der Waals surface area contributed by atoms with Crippen LogP contribution in [-0.4, -0.2) is 29.1 Å². The summed E-state index contributed by atoms with van der Waals surface area (Å²) >= 11 is 0. The summed E-state index contributed by atoms with van der Waals surface area (Å²) in [4.78, 5) is 9.02. The molecule has 0 aromatic carbocycles. The Labute approximate surface area is 103 Å². The predicted molar refractivity (Wildman–Crippen MR) is 61.1 cm³/mol. The Morgan fingerprint density at radius 2 is 2.00 bits per heavy atom. The normalized spacial score (nSPS) is 24.3. The van der Waals surface area contributed by atoms with E-state index >= 15 is 0 Å². The van der Waals surface area contributed by atoms with Crippen molar-refractivity contribution in [2.24, 2.45) is 5.73 Å². The van der Waals surface area contributed by atoms with Gasteiger partial charge in [0.2, 0.25) is 0 Å². The van der Waals surface area contributed by atoms with Gasteiger partial charge in [0.05, 0.1) is 12.4 Å². The summed E-state index contributed by atoms with van der Waals surface area (Å²) < 4.78 is 37.0. The molecule has 0 aliphatic heterocycles. The van der Waals surface area contributed by atoms with Gasteiger partial charge in [-0.05, 0) is 19.3 Å². The van der Waals surface area contributed by atoms with Gasteiger partial charge in [0, 0.05) is 19.1 Å². The van der Waals surface area contributed by atoms with Gasteiger partial charge in [0.25, 0.3) is 0 Å². The third kappa shape index (κ3) is 2.55. The zero-order chi connectivity index (χ0) is 13.3. The second kappa shape index (κ2) is 4.72. The van der Waals surface area contributed by atoms with Gasteiger partial charge in [-0.25, -0.2) is 9.97 Å². The van der Waals surface area contributed by atoms with Crippen LogP contribution in [-0.2, 0) is 6.18 Å². The van der Waals surface area contributed by atoms with Gasteiger partial charge in [0.15, 0.2) is 5.69 Å². The number of hydrogen-bond acceptors (Lipinski definition) is 4. The highest BCUT2D eigenvalue weighted by molar-refractivity contribution is 5.37. The Hall–Kier alpha value is -1.37. The fourth-order valence-electron chi connectivity index (χ4n) is 2.27. The van der Waals surface area contributed by atoms with E-state index in [4.69, 9.17) is 5.73 Å². The van der Waals surface area contributed by atoms with E-state index in [1.807, 2.05) is 4.90 Å². The van der Waals surface area contributed by atoms with Crippen molar-refractivity contribution >= 4 is 5.82 Å².